The molecule has 3 N–H and O–H groups in total. The van der Waals surface area contributed by atoms with Gasteiger partial charge in [-0.3, -0.25) is 0 Å². The van der Waals surface area contributed by atoms with Crippen LogP contribution in [-0.2, 0) is 0 Å². The van der Waals surface area contributed by atoms with Gasteiger partial charge in [0.15, 0.2) is 0 Å². The number of guanidine groups is 1. The van der Waals surface area contributed by atoms with Crippen molar-refractivity contribution in [2.45, 2.75) is 0 Å². The summed E-state index contributed by atoms with van der Waals surface area (Å²) >= 11 is 0. The van der Waals surface area contributed by atoms with Crippen LogP contribution in [0.2, 0.25) is 0 Å². The van der Waals surface area contributed by atoms with Crippen LogP contribution in [-0.4, -0.2) is 28.3 Å². The van der Waals surface area contributed by atoms with Crippen molar-refractivity contribution in [1.82, 2.24) is 5.01 Å². The van der Waals surface area contributed by atoms with Crippen LogP contribution in [0.3, 0.4) is 0 Å². The van der Waals surface area contributed by atoms with Crippen molar-refractivity contribution in [2.24, 2.45) is 16.1 Å². The van der Waals surface area contributed by atoms with Crippen molar-refractivity contribution >= 4 is 5.96 Å². The summed E-state index contributed by atoms with van der Waals surface area (Å²) in [6.07, 6.45) is 0. The van der Waals surface area contributed by atoms with E-state index in [0.29, 0.717) is 5.01 Å². The highest BCUT2D eigenvalue weighted by Gasteiger charge is 2.08. The predicted molar refractivity (Wildman–Crippen MR) is 30.6 cm³/mol. The molecule has 0 bridgehead atoms. The van der Waals surface area contributed by atoms with Gasteiger partial charge in [0.05, 0.1) is 5.29 Å². The molecule has 0 saturated carbocycles. The minimum atomic E-state index is -0.767. The van der Waals surface area contributed by atoms with Crippen molar-refractivity contribution in [3.8, 4) is 0 Å². The third kappa shape index (κ3) is 2.55. The topological polar surface area (TPSA) is 111 Å². The standard InChI is InChI=1S/C2H6N5O3/c1-6(5-8)2(3)4-7(9)10/h1H3,(H2,3,4)(H,9,10)/q+1. The first-order chi connectivity index (χ1) is 4.57. The van der Waals surface area contributed by atoms with Gasteiger partial charge in [0.25, 0.3) is 5.96 Å². The maximum Gasteiger partial charge on any atom is 0.391 e. The van der Waals surface area contributed by atoms with E-state index in [4.69, 9.17) is 10.9 Å². The van der Waals surface area contributed by atoms with Crippen LogP contribution in [0.4, 0.5) is 0 Å². The summed E-state index contributed by atoms with van der Waals surface area (Å²) in [5.41, 5.74) is 4.91. The van der Waals surface area contributed by atoms with E-state index in [1.54, 1.807) is 0 Å². The van der Waals surface area contributed by atoms with E-state index in [0.717, 1.165) is 0 Å². The highest BCUT2D eigenvalue weighted by Crippen LogP contribution is 1.80. The number of nitrogens with zero attached hydrogens (tertiary/aromatic N) is 4. The van der Waals surface area contributed by atoms with Crippen LogP contribution in [0.5, 0.6) is 0 Å². The molecule has 0 aliphatic carbocycles. The summed E-state index contributed by atoms with van der Waals surface area (Å²) in [4.78, 5) is 19.3. The van der Waals surface area contributed by atoms with Gasteiger partial charge in [0, 0.05) is 7.05 Å². The molecule has 0 fully saturated rings. The van der Waals surface area contributed by atoms with Gasteiger partial charge < -0.3 is 5.73 Å². The average Bonchev–Trinajstić information content (AvgIpc) is 1.85. The van der Waals surface area contributed by atoms with E-state index in [-0.39, 0.29) is 0 Å². The van der Waals surface area contributed by atoms with E-state index in [1.165, 1.54) is 7.05 Å². The molecular weight excluding hydrogens is 142 g/mol. The van der Waals surface area contributed by atoms with Crippen LogP contribution in [0, 0.1) is 9.81 Å². The summed E-state index contributed by atoms with van der Waals surface area (Å²) in [6.45, 7) is 0. The van der Waals surface area contributed by atoms with Gasteiger partial charge in [-0.2, -0.15) is 5.01 Å². The molecule has 0 rings (SSSR count). The first kappa shape index (κ1) is 8.27. The normalized spacial score (nSPS) is 10.7. The molecule has 0 aliphatic rings. The molecule has 0 aromatic carbocycles. The highest BCUT2D eigenvalue weighted by molar-refractivity contribution is 5.76. The molecule has 0 heterocycles. The molecule has 0 aromatic heterocycles. The lowest BCUT2D eigenvalue weighted by molar-refractivity contribution is -0.796. The fourth-order valence-electron chi connectivity index (χ4n) is 0.194. The Balaban J connectivity index is 4.18. The number of hydrogen-bond acceptors (Lipinski definition) is 3. The molecule has 56 valence electrons. The van der Waals surface area contributed by atoms with Crippen molar-refractivity contribution in [3.63, 3.8) is 0 Å². The lowest BCUT2D eigenvalue weighted by atomic mass is 10.9. The third-order valence-electron chi connectivity index (χ3n) is 0.642. The second kappa shape index (κ2) is 3.33. The summed E-state index contributed by atoms with van der Waals surface area (Å²) in [5.74, 6) is -0.493. The van der Waals surface area contributed by atoms with Gasteiger partial charge in [-0.25, -0.2) is 5.21 Å². The first-order valence-corrected chi connectivity index (χ1v) is 2.15. The molecule has 10 heavy (non-hydrogen) atoms. The molecule has 0 atom stereocenters. The molecular formula is C2H6N5O3+. The van der Waals surface area contributed by atoms with Gasteiger partial charge in [-0.1, -0.05) is 0 Å². The maximum absolute atomic E-state index is 9.71. The Labute approximate surface area is 55.4 Å². The number of hydrogen-bond donors (Lipinski definition) is 2. The number of rotatable bonds is 2. The maximum atomic E-state index is 9.71. The number of nitroso groups, excluding NO2 is 1. The van der Waals surface area contributed by atoms with E-state index >= 15 is 0 Å². The SMILES string of the molecule is CN(N=O)C(N)=N[N+](=O)O. The minimum Gasteiger partial charge on any atom is -0.363 e. The second-order valence-electron chi connectivity index (χ2n) is 1.32. The Morgan fingerprint density at radius 2 is 2.30 bits per heavy atom. The summed E-state index contributed by atoms with van der Waals surface area (Å²) in [5, 5.41) is 12.7. The van der Waals surface area contributed by atoms with Crippen LogP contribution >= 0.6 is 0 Å². The fraction of sp³-hybridized carbons (Fsp3) is 0.500. The molecule has 8 nitrogen and oxygen atoms in total. The van der Waals surface area contributed by atoms with Gasteiger partial charge in [0.1, 0.15) is 10.0 Å². The molecule has 0 amide bonds. The first-order valence-electron chi connectivity index (χ1n) is 2.15. The van der Waals surface area contributed by atoms with Gasteiger partial charge >= 0.3 is 5.03 Å². The fourth-order valence-corrected chi connectivity index (χ4v) is 0.194. The zero-order valence-corrected chi connectivity index (χ0v) is 5.13. The quantitative estimate of drug-likeness (QED) is 0.226. The molecule has 0 unspecified atom stereocenters. The third-order valence-corrected chi connectivity index (χ3v) is 0.642. The van der Waals surface area contributed by atoms with E-state index in [9.17, 15) is 9.81 Å². The van der Waals surface area contributed by atoms with Crippen molar-refractivity contribution in [2.75, 3.05) is 7.05 Å². The van der Waals surface area contributed by atoms with Crippen LogP contribution in [0.1, 0.15) is 0 Å². The van der Waals surface area contributed by atoms with Gasteiger partial charge in [-0.15, -0.1) is 4.91 Å². The molecule has 0 aromatic rings. The Bertz CT molecular complexity index is 176. The average molecular weight is 148 g/mol. The number of nitrogens with two attached hydrogens (primary N) is 1. The highest BCUT2D eigenvalue weighted by atomic mass is 16.7. The van der Waals surface area contributed by atoms with Crippen LogP contribution in [0.25, 0.3) is 0 Å². The smallest absolute Gasteiger partial charge is 0.363 e. The van der Waals surface area contributed by atoms with E-state index in [1.807, 2.05) is 0 Å². The second-order valence-corrected chi connectivity index (χ2v) is 1.32. The Morgan fingerprint density at radius 1 is 1.80 bits per heavy atom. The predicted octanol–water partition coefficient (Wildman–Crippen LogP) is -1.00. The van der Waals surface area contributed by atoms with E-state index in [2.05, 4.69) is 10.4 Å². The van der Waals surface area contributed by atoms with Gasteiger partial charge in [-0.05, 0) is 0 Å². The molecule has 0 spiro atoms. The Hall–Kier alpha value is -1.73. The van der Waals surface area contributed by atoms with Crippen molar-refractivity contribution in [3.05, 3.63) is 9.81 Å². The number of hydrazone groups is 1. The van der Waals surface area contributed by atoms with Crippen LogP contribution in [0.15, 0.2) is 10.4 Å². The van der Waals surface area contributed by atoms with Crippen molar-refractivity contribution in [1.29, 1.82) is 0 Å². The van der Waals surface area contributed by atoms with Gasteiger partial charge in [0.2, 0.25) is 0 Å². The Kier molecular flexibility index (Phi) is 2.75. The molecule has 0 aliphatic heterocycles. The zero-order chi connectivity index (χ0) is 8.15. The monoisotopic (exact) mass is 148 g/mol. The molecule has 8 heteroatoms. The zero-order valence-electron chi connectivity index (χ0n) is 5.13. The van der Waals surface area contributed by atoms with E-state index < -0.39 is 11.0 Å². The minimum absolute atomic E-state index is 0.493. The Morgan fingerprint density at radius 3 is 2.60 bits per heavy atom. The summed E-state index contributed by atoms with van der Waals surface area (Å²) < 4.78 is 0. The largest absolute Gasteiger partial charge is 0.391 e. The molecule has 0 saturated heterocycles. The lowest BCUT2D eigenvalue weighted by Gasteiger charge is -1.99. The van der Waals surface area contributed by atoms with Crippen molar-refractivity contribution < 1.29 is 10.2 Å². The lowest BCUT2D eigenvalue weighted by Crippen LogP contribution is -2.30. The summed E-state index contributed by atoms with van der Waals surface area (Å²) in [6, 6.07) is 0. The van der Waals surface area contributed by atoms with Crippen LogP contribution < -0.4 is 5.73 Å². The summed E-state index contributed by atoms with van der Waals surface area (Å²) in [7, 11) is 1.18. The molecule has 0 radical (unpaired) electrons.